The summed E-state index contributed by atoms with van der Waals surface area (Å²) in [6.45, 7) is 13.2. The molecule has 0 atom stereocenters. The molecule has 0 bridgehead atoms. The summed E-state index contributed by atoms with van der Waals surface area (Å²) in [5.41, 5.74) is 1.16. The summed E-state index contributed by atoms with van der Waals surface area (Å²) in [5, 5.41) is 3.44. The Morgan fingerprint density at radius 3 is 2.10 bits per heavy atom. The van der Waals surface area contributed by atoms with Gasteiger partial charge in [0.2, 0.25) is 5.75 Å². The molecule has 1 aromatic carbocycles. The quantitative estimate of drug-likeness (QED) is 0.298. The van der Waals surface area contributed by atoms with Crippen LogP contribution < -0.4 is 19.5 Å². The third-order valence-corrected chi connectivity index (χ3v) is 5.11. The lowest BCUT2D eigenvalue weighted by Gasteiger charge is -2.36. The number of aliphatic imine (C=N–C) groups is 1. The summed E-state index contributed by atoms with van der Waals surface area (Å²) >= 11 is 0. The number of guanidine groups is 1. The molecule has 0 spiro atoms. The standard InChI is InChI=1S/C22H38N4O3.HI/c1-7-23-22(24-9-8-17(2)3)26-12-10-25(11-13-26)16-18-14-19(27-4)21(29-6)20(15-18)28-5;/h14-15,17H,7-13,16H2,1-6H3,(H,23,24);1H. The molecular formula is C22H39IN4O3. The fourth-order valence-electron chi connectivity index (χ4n) is 3.46. The molecule has 30 heavy (non-hydrogen) atoms. The Kier molecular flexibility index (Phi) is 12.2. The van der Waals surface area contributed by atoms with Gasteiger partial charge in [0.05, 0.1) is 21.3 Å². The Balaban J connectivity index is 0.00000450. The Bertz CT molecular complexity index is 637. The maximum atomic E-state index is 5.48. The van der Waals surface area contributed by atoms with Gasteiger partial charge in [-0.1, -0.05) is 13.8 Å². The van der Waals surface area contributed by atoms with Gasteiger partial charge >= 0.3 is 0 Å². The number of ether oxygens (including phenoxy) is 3. The molecule has 1 aliphatic rings. The summed E-state index contributed by atoms with van der Waals surface area (Å²) in [6, 6.07) is 4.07. The van der Waals surface area contributed by atoms with Gasteiger partial charge in [-0.2, -0.15) is 0 Å². The van der Waals surface area contributed by atoms with Crippen LogP contribution in [-0.2, 0) is 6.54 Å². The Morgan fingerprint density at radius 2 is 1.63 bits per heavy atom. The van der Waals surface area contributed by atoms with Crippen molar-refractivity contribution in [1.29, 1.82) is 0 Å². The van der Waals surface area contributed by atoms with Gasteiger partial charge in [0.25, 0.3) is 0 Å². The van der Waals surface area contributed by atoms with E-state index >= 15 is 0 Å². The van der Waals surface area contributed by atoms with E-state index in [0.717, 1.165) is 63.8 Å². The minimum absolute atomic E-state index is 0. The lowest BCUT2D eigenvalue weighted by molar-refractivity contribution is 0.172. The summed E-state index contributed by atoms with van der Waals surface area (Å²) in [7, 11) is 4.94. The van der Waals surface area contributed by atoms with E-state index in [4.69, 9.17) is 19.2 Å². The highest BCUT2D eigenvalue weighted by Gasteiger charge is 2.21. The topological polar surface area (TPSA) is 58.6 Å². The molecule has 1 N–H and O–H groups in total. The molecule has 0 aromatic heterocycles. The molecule has 1 saturated heterocycles. The van der Waals surface area contributed by atoms with Crippen molar-refractivity contribution in [3.8, 4) is 17.2 Å². The van der Waals surface area contributed by atoms with Crippen LogP contribution in [0.3, 0.4) is 0 Å². The third kappa shape index (κ3) is 7.68. The zero-order chi connectivity index (χ0) is 21.2. The van der Waals surface area contributed by atoms with E-state index in [1.165, 1.54) is 0 Å². The summed E-state index contributed by atoms with van der Waals surface area (Å²) in [5.74, 6) is 3.76. The molecular weight excluding hydrogens is 495 g/mol. The SMILES string of the molecule is CCNC(=NCCC(C)C)N1CCN(Cc2cc(OC)c(OC)c(OC)c2)CC1.I. The minimum Gasteiger partial charge on any atom is -0.493 e. The largest absolute Gasteiger partial charge is 0.493 e. The molecule has 1 heterocycles. The van der Waals surface area contributed by atoms with Crippen LogP contribution in [0.15, 0.2) is 17.1 Å². The van der Waals surface area contributed by atoms with Crippen LogP contribution in [0.2, 0.25) is 0 Å². The van der Waals surface area contributed by atoms with Gasteiger partial charge in [0, 0.05) is 45.8 Å². The van der Waals surface area contributed by atoms with Gasteiger partial charge in [0.15, 0.2) is 17.5 Å². The van der Waals surface area contributed by atoms with Crippen LogP contribution in [0.25, 0.3) is 0 Å². The molecule has 1 fully saturated rings. The fraction of sp³-hybridized carbons (Fsp3) is 0.682. The minimum atomic E-state index is 0. The van der Waals surface area contributed by atoms with E-state index in [1.807, 2.05) is 12.1 Å². The zero-order valence-electron chi connectivity index (χ0n) is 19.4. The molecule has 0 unspecified atom stereocenters. The van der Waals surface area contributed by atoms with Crippen LogP contribution >= 0.6 is 24.0 Å². The molecule has 0 aliphatic carbocycles. The van der Waals surface area contributed by atoms with Gasteiger partial charge in [-0.15, -0.1) is 24.0 Å². The molecule has 8 heteroatoms. The normalized spacial score (nSPS) is 15.0. The maximum Gasteiger partial charge on any atom is 0.203 e. The van der Waals surface area contributed by atoms with E-state index in [2.05, 4.69) is 35.9 Å². The number of benzene rings is 1. The molecule has 1 aromatic rings. The van der Waals surface area contributed by atoms with Gasteiger partial charge in [-0.25, -0.2) is 0 Å². The molecule has 7 nitrogen and oxygen atoms in total. The lowest BCUT2D eigenvalue weighted by atomic mass is 10.1. The number of nitrogens with one attached hydrogen (secondary N) is 1. The predicted molar refractivity (Wildman–Crippen MR) is 134 cm³/mol. The lowest BCUT2D eigenvalue weighted by Crippen LogP contribution is -2.52. The van der Waals surface area contributed by atoms with Crippen molar-refractivity contribution < 1.29 is 14.2 Å². The van der Waals surface area contributed by atoms with Crippen LogP contribution in [0, 0.1) is 5.92 Å². The second kappa shape index (κ2) is 13.8. The number of piperazine rings is 1. The monoisotopic (exact) mass is 534 g/mol. The second-order valence-electron chi connectivity index (χ2n) is 7.71. The van der Waals surface area contributed by atoms with Crippen LogP contribution in [0.1, 0.15) is 32.8 Å². The predicted octanol–water partition coefficient (Wildman–Crippen LogP) is 3.46. The highest BCUT2D eigenvalue weighted by Crippen LogP contribution is 2.38. The molecule has 0 amide bonds. The molecule has 0 saturated carbocycles. The molecule has 1 aliphatic heterocycles. The van der Waals surface area contributed by atoms with Crippen molar-refractivity contribution in [1.82, 2.24) is 15.1 Å². The number of hydrogen-bond acceptors (Lipinski definition) is 5. The summed E-state index contributed by atoms with van der Waals surface area (Å²) in [6.07, 6.45) is 1.12. The van der Waals surface area contributed by atoms with Crippen LogP contribution in [-0.4, -0.2) is 76.4 Å². The van der Waals surface area contributed by atoms with E-state index in [1.54, 1.807) is 21.3 Å². The van der Waals surface area contributed by atoms with Gasteiger partial charge in [0.1, 0.15) is 0 Å². The van der Waals surface area contributed by atoms with Crippen molar-refractivity contribution >= 4 is 29.9 Å². The van der Waals surface area contributed by atoms with Crippen molar-refractivity contribution in [2.45, 2.75) is 33.7 Å². The van der Waals surface area contributed by atoms with E-state index in [0.29, 0.717) is 23.2 Å². The first kappa shape index (κ1) is 26.6. The highest BCUT2D eigenvalue weighted by molar-refractivity contribution is 14.0. The zero-order valence-corrected chi connectivity index (χ0v) is 21.7. The summed E-state index contributed by atoms with van der Waals surface area (Å²) in [4.78, 5) is 9.64. The van der Waals surface area contributed by atoms with E-state index in [-0.39, 0.29) is 24.0 Å². The second-order valence-corrected chi connectivity index (χ2v) is 7.71. The van der Waals surface area contributed by atoms with E-state index < -0.39 is 0 Å². The maximum absolute atomic E-state index is 5.48. The highest BCUT2D eigenvalue weighted by atomic mass is 127. The first-order chi connectivity index (χ1) is 14.0. The van der Waals surface area contributed by atoms with Gasteiger partial charge < -0.3 is 24.4 Å². The average Bonchev–Trinajstić information content (AvgIpc) is 2.72. The number of hydrogen-bond donors (Lipinski definition) is 1. The van der Waals surface area contributed by atoms with Crippen molar-refractivity contribution in [3.05, 3.63) is 17.7 Å². The van der Waals surface area contributed by atoms with Crippen molar-refractivity contribution in [3.63, 3.8) is 0 Å². The van der Waals surface area contributed by atoms with Crippen LogP contribution in [0.5, 0.6) is 17.2 Å². The first-order valence-corrected chi connectivity index (χ1v) is 10.6. The third-order valence-electron chi connectivity index (χ3n) is 5.11. The first-order valence-electron chi connectivity index (χ1n) is 10.6. The molecule has 0 radical (unpaired) electrons. The summed E-state index contributed by atoms with van der Waals surface area (Å²) < 4.78 is 16.4. The number of nitrogens with zero attached hydrogens (tertiary/aromatic N) is 3. The van der Waals surface area contributed by atoms with E-state index in [9.17, 15) is 0 Å². The van der Waals surface area contributed by atoms with Crippen molar-refractivity contribution in [2.24, 2.45) is 10.9 Å². The molecule has 2 rings (SSSR count). The average molecular weight is 534 g/mol. The van der Waals surface area contributed by atoms with Crippen LogP contribution in [0.4, 0.5) is 0 Å². The number of halogens is 1. The Morgan fingerprint density at radius 1 is 1.03 bits per heavy atom. The van der Waals surface area contributed by atoms with Gasteiger partial charge in [-0.05, 0) is 37.0 Å². The molecule has 172 valence electrons. The Labute approximate surface area is 199 Å². The number of methoxy groups -OCH3 is 3. The smallest absolute Gasteiger partial charge is 0.203 e. The fourth-order valence-corrected chi connectivity index (χ4v) is 3.46. The number of rotatable bonds is 9. The Hall–Kier alpha value is -1.42. The van der Waals surface area contributed by atoms with Gasteiger partial charge in [-0.3, -0.25) is 9.89 Å². The van der Waals surface area contributed by atoms with Crippen molar-refractivity contribution in [2.75, 3.05) is 60.6 Å².